The van der Waals surface area contributed by atoms with E-state index in [0.717, 1.165) is 109 Å². The number of para-hydroxylation sites is 2. The van der Waals surface area contributed by atoms with E-state index in [2.05, 4.69) is 65.8 Å². The zero-order valence-electron chi connectivity index (χ0n) is 46.6. The molecule has 4 N–H and O–H groups in total. The Morgan fingerprint density at radius 1 is 0.395 bits per heavy atom. The maximum atomic E-state index is 12.1. The van der Waals surface area contributed by atoms with Gasteiger partial charge in [-0.1, -0.05) is 104 Å². The quantitative estimate of drug-likeness (QED) is 0.111. The normalized spacial score (nSPS) is 33.2. The number of hydrogen-bond donors (Lipinski definition) is 4. The number of hydrogen-bond acceptors (Lipinski definition) is 8. The van der Waals surface area contributed by atoms with Crippen LogP contribution < -0.4 is 0 Å². The number of phenolic OH excluding ortho intramolecular Hbond substituents is 4. The third-order valence-corrected chi connectivity index (χ3v) is 20.7. The van der Waals surface area contributed by atoms with Crippen LogP contribution in [-0.2, 0) is 21.7 Å². The van der Waals surface area contributed by atoms with Gasteiger partial charge in [-0.2, -0.15) is 0 Å². The molecule has 0 unspecified atom stereocenters. The van der Waals surface area contributed by atoms with Crippen LogP contribution in [0, 0.1) is 35.5 Å². The number of nitrogens with zero attached hydrogens (tertiary/aromatic N) is 4. The van der Waals surface area contributed by atoms with E-state index in [1.54, 1.807) is 12.4 Å². The lowest BCUT2D eigenvalue weighted by Gasteiger charge is -2.57. The van der Waals surface area contributed by atoms with Crippen molar-refractivity contribution in [1.29, 1.82) is 0 Å². The average Bonchev–Trinajstić information content (AvgIpc) is 3.37. The van der Waals surface area contributed by atoms with Gasteiger partial charge in [0, 0.05) is 69.4 Å². The summed E-state index contributed by atoms with van der Waals surface area (Å²) in [6.45, 7) is 13.6. The van der Waals surface area contributed by atoms with E-state index in [9.17, 15) is 20.4 Å². The molecule has 0 heterocycles. The monoisotopic (exact) mass is 1020 g/mol. The van der Waals surface area contributed by atoms with Crippen LogP contribution in [0.2, 0.25) is 0 Å². The van der Waals surface area contributed by atoms with Crippen molar-refractivity contribution >= 4 is 24.9 Å². The van der Waals surface area contributed by atoms with Crippen molar-refractivity contribution < 1.29 is 20.4 Å². The topological polar surface area (TPSA) is 130 Å². The SMILES string of the molecule is CC(C)(C)c1cc(C=N[C@H]2CCCC[C@@H]2N=Cc2cccc(-c3cccc(C=N[C@H]4CCCC[C@@H]4N=Cc4cc(C(C)(C)C)cc(C56CC7CC(CC(C7)C5)C6)c4O)c3O)c2O)c(O)c(C23CC4CC(CC(C4)C2)C3)c1. The first-order valence-electron chi connectivity index (χ1n) is 29.9. The van der Waals surface area contributed by atoms with Crippen molar-refractivity contribution in [1.82, 2.24) is 0 Å². The second kappa shape index (κ2) is 19.9. The van der Waals surface area contributed by atoms with E-state index in [4.69, 9.17) is 20.0 Å². The van der Waals surface area contributed by atoms with Crippen LogP contribution in [-0.4, -0.2) is 69.5 Å². The summed E-state index contributed by atoms with van der Waals surface area (Å²) in [5, 5.41) is 48.0. The fraction of sp³-hybridized carbons (Fsp3) is 0.588. The predicted octanol–water partition coefficient (Wildman–Crippen LogP) is 15.4. The Balaban J connectivity index is 0.763. The van der Waals surface area contributed by atoms with E-state index in [1.807, 2.05) is 48.8 Å². The molecule has 8 heteroatoms. The largest absolute Gasteiger partial charge is 0.507 e. The summed E-state index contributed by atoms with van der Waals surface area (Å²) in [6, 6.07) is 20.1. The van der Waals surface area contributed by atoms with Crippen LogP contribution in [0.5, 0.6) is 23.0 Å². The molecule has 4 atom stereocenters. The predicted molar refractivity (Wildman–Crippen MR) is 311 cm³/mol. The van der Waals surface area contributed by atoms with Gasteiger partial charge in [-0.25, -0.2) is 0 Å². The Kier molecular flexibility index (Phi) is 13.5. The minimum Gasteiger partial charge on any atom is -0.507 e. The molecule has 0 spiro atoms. The number of phenols is 4. The summed E-state index contributed by atoms with van der Waals surface area (Å²) in [6.07, 6.45) is 30.8. The second-order valence-corrected chi connectivity index (χ2v) is 28.3. The molecule has 0 aromatic heterocycles. The Bertz CT molecular complexity index is 2700. The van der Waals surface area contributed by atoms with Crippen LogP contribution in [0.15, 0.2) is 80.6 Å². The highest BCUT2D eigenvalue weighted by molar-refractivity contribution is 5.93. The van der Waals surface area contributed by atoms with Crippen molar-refractivity contribution in [2.24, 2.45) is 55.5 Å². The lowest BCUT2D eigenvalue weighted by atomic mass is 9.47. The molecule has 10 saturated carbocycles. The molecule has 0 saturated heterocycles. The molecule has 0 radical (unpaired) electrons. The van der Waals surface area contributed by atoms with Gasteiger partial charge in [0.05, 0.1) is 24.2 Å². The van der Waals surface area contributed by atoms with Gasteiger partial charge in [-0.15, -0.1) is 0 Å². The summed E-state index contributed by atoms with van der Waals surface area (Å²) >= 11 is 0. The first kappa shape index (κ1) is 51.5. The average molecular weight is 1020 g/mol. The van der Waals surface area contributed by atoms with E-state index in [0.29, 0.717) is 33.8 Å². The zero-order valence-corrected chi connectivity index (χ0v) is 46.6. The molecule has 0 amide bonds. The van der Waals surface area contributed by atoms with Crippen LogP contribution in [0.3, 0.4) is 0 Å². The standard InChI is InChI=1S/C68H86N4O4/c1-65(2,3)51-27-49(63(75)55(29-51)67-31-41-21-42(32-67)23-43(22-41)33-67)39-71-59-19-9-7-17-57(59)69-37-47-13-11-15-53(61(47)73)54-16-12-14-48(62(54)74)38-70-58-18-8-10-20-60(58)72-40-50-28-52(66(4,5)6)30-56(64(50)76)68-34-44-24-45(35-68)26-46(25-44)36-68/h11-16,27-30,37-46,57-60,73-76H,7-10,17-26,31-36H2,1-6H3/t41?,42?,43?,44?,45?,46?,57-,58-,59-,60-,67?,68?/m0/s1. The van der Waals surface area contributed by atoms with Crippen LogP contribution in [0.1, 0.15) is 214 Å². The van der Waals surface area contributed by atoms with Crippen molar-refractivity contribution in [3.8, 4) is 34.1 Å². The molecule has 4 aromatic carbocycles. The van der Waals surface area contributed by atoms with Crippen LogP contribution >= 0.6 is 0 Å². The molecule has 10 fully saturated rings. The van der Waals surface area contributed by atoms with Gasteiger partial charge in [0.1, 0.15) is 23.0 Å². The maximum Gasteiger partial charge on any atom is 0.132 e. The Morgan fingerprint density at radius 2 is 0.684 bits per heavy atom. The number of aromatic hydroxyl groups is 4. The summed E-state index contributed by atoms with van der Waals surface area (Å²) in [7, 11) is 0. The second-order valence-electron chi connectivity index (χ2n) is 28.3. The molecule has 10 aliphatic rings. The highest BCUT2D eigenvalue weighted by atomic mass is 16.3. The van der Waals surface area contributed by atoms with Gasteiger partial charge in [0.15, 0.2) is 0 Å². The Labute approximate surface area is 453 Å². The molecule has 8 nitrogen and oxygen atoms in total. The molecule has 10 aliphatic carbocycles. The van der Waals surface area contributed by atoms with Crippen LogP contribution in [0.25, 0.3) is 11.1 Å². The van der Waals surface area contributed by atoms with E-state index >= 15 is 0 Å². The van der Waals surface area contributed by atoms with Gasteiger partial charge >= 0.3 is 0 Å². The summed E-state index contributed by atoms with van der Waals surface area (Å²) in [4.78, 5) is 20.7. The van der Waals surface area contributed by atoms with Gasteiger partial charge < -0.3 is 20.4 Å². The molecule has 0 aliphatic heterocycles. The first-order valence-corrected chi connectivity index (χ1v) is 29.9. The van der Waals surface area contributed by atoms with Crippen molar-refractivity contribution in [3.63, 3.8) is 0 Å². The Morgan fingerprint density at radius 3 is 0.974 bits per heavy atom. The third kappa shape index (κ3) is 9.88. The van der Waals surface area contributed by atoms with Gasteiger partial charge in [-0.05, 0) is 195 Å². The molecule has 14 rings (SSSR count). The summed E-state index contributed by atoms with van der Waals surface area (Å²) in [5.41, 5.74) is 8.76. The molecular weight excluding hydrogens is 937 g/mol. The molecule has 402 valence electrons. The van der Waals surface area contributed by atoms with E-state index < -0.39 is 0 Å². The first-order chi connectivity index (χ1) is 36.4. The van der Waals surface area contributed by atoms with Crippen LogP contribution in [0.4, 0.5) is 0 Å². The Hall–Kier alpha value is -5.24. The summed E-state index contributed by atoms with van der Waals surface area (Å²) < 4.78 is 0. The number of aliphatic imine (C=N–C) groups is 4. The fourth-order valence-corrected chi connectivity index (χ4v) is 17.4. The third-order valence-electron chi connectivity index (χ3n) is 20.7. The lowest BCUT2D eigenvalue weighted by molar-refractivity contribution is -0.00635. The van der Waals surface area contributed by atoms with Crippen molar-refractivity contribution in [2.75, 3.05) is 0 Å². The van der Waals surface area contributed by atoms with Crippen molar-refractivity contribution in [2.45, 2.75) is 216 Å². The van der Waals surface area contributed by atoms with E-state index in [1.165, 1.54) is 88.2 Å². The molecule has 76 heavy (non-hydrogen) atoms. The maximum absolute atomic E-state index is 12.1. The van der Waals surface area contributed by atoms with E-state index in [-0.39, 0.29) is 57.3 Å². The van der Waals surface area contributed by atoms with Gasteiger partial charge in [0.2, 0.25) is 0 Å². The highest BCUT2D eigenvalue weighted by Crippen LogP contribution is 2.64. The minimum absolute atomic E-state index is 0.0405. The van der Waals surface area contributed by atoms with Crippen molar-refractivity contribution in [3.05, 3.63) is 105 Å². The minimum atomic E-state index is -0.0628. The number of rotatable bonds is 11. The van der Waals surface area contributed by atoms with Gasteiger partial charge in [-0.3, -0.25) is 20.0 Å². The molecule has 4 aromatic rings. The molecule has 8 bridgehead atoms. The molecular formula is C68H86N4O4. The lowest BCUT2D eigenvalue weighted by Crippen LogP contribution is -2.48. The fourth-order valence-electron chi connectivity index (χ4n) is 17.4. The zero-order chi connectivity index (χ0) is 52.7. The summed E-state index contributed by atoms with van der Waals surface area (Å²) in [5.74, 6) is 5.71. The smallest absolute Gasteiger partial charge is 0.132 e. The number of benzene rings is 4. The van der Waals surface area contributed by atoms with Gasteiger partial charge in [0.25, 0.3) is 0 Å². The highest BCUT2D eigenvalue weighted by Gasteiger charge is 2.54.